The summed E-state index contributed by atoms with van der Waals surface area (Å²) in [7, 11) is 4.08. The summed E-state index contributed by atoms with van der Waals surface area (Å²) in [4.78, 5) is 28.9. The number of hydrogen-bond acceptors (Lipinski definition) is 5. The van der Waals surface area contributed by atoms with E-state index in [9.17, 15) is 9.59 Å². The van der Waals surface area contributed by atoms with Crippen LogP contribution in [0.5, 0.6) is 0 Å². The fourth-order valence-electron chi connectivity index (χ4n) is 3.35. The minimum Gasteiger partial charge on any atom is -0.341 e. The highest BCUT2D eigenvalue weighted by atomic mass is 16.2. The highest BCUT2D eigenvalue weighted by Gasteiger charge is 2.33. The van der Waals surface area contributed by atoms with Crippen molar-refractivity contribution in [3.8, 4) is 0 Å². The molecule has 1 amide bonds. The second-order valence-corrected chi connectivity index (χ2v) is 6.69. The molecule has 1 aromatic heterocycles. The highest BCUT2D eigenvalue weighted by molar-refractivity contribution is 5.77. The van der Waals surface area contributed by atoms with Crippen molar-refractivity contribution in [3.63, 3.8) is 0 Å². The van der Waals surface area contributed by atoms with Crippen LogP contribution in [0, 0.1) is 5.92 Å². The number of rotatable bonds is 4. The van der Waals surface area contributed by atoms with Crippen LogP contribution in [-0.4, -0.2) is 63.9 Å². The minimum atomic E-state index is -0.200. The third kappa shape index (κ3) is 3.17. The Labute approximate surface area is 140 Å². The van der Waals surface area contributed by atoms with Gasteiger partial charge >= 0.3 is 0 Å². The molecule has 0 bridgehead atoms. The fraction of sp³-hybridized carbons (Fsp3) is 0.529. The van der Waals surface area contributed by atoms with Crippen molar-refractivity contribution in [2.45, 2.75) is 25.9 Å². The summed E-state index contributed by atoms with van der Waals surface area (Å²) in [5.74, 6) is 0.514. The lowest BCUT2D eigenvalue weighted by Crippen LogP contribution is -2.36. The number of likely N-dealkylation sites (N-methyl/N-ethyl adjacent to an activating group) is 1. The van der Waals surface area contributed by atoms with Crippen molar-refractivity contribution < 1.29 is 4.79 Å². The van der Waals surface area contributed by atoms with Crippen molar-refractivity contribution in [1.29, 1.82) is 0 Å². The first-order valence-corrected chi connectivity index (χ1v) is 8.24. The smallest absolute Gasteiger partial charge is 0.277 e. The Bertz CT molecular complexity index is 801. The first-order valence-electron chi connectivity index (χ1n) is 8.24. The lowest BCUT2D eigenvalue weighted by atomic mass is 10.1. The highest BCUT2D eigenvalue weighted by Crippen LogP contribution is 2.20. The molecule has 2 heterocycles. The van der Waals surface area contributed by atoms with E-state index in [1.54, 1.807) is 18.2 Å². The van der Waals surface area contributed by atoms with Gasteiger partial charge in [0.1, 0.15) is 5.52 Å². The van der Waals surface area contributed by atoms with E-state index in [1.807, 2.05) is 25.1 Å². The van der Waals surface area contributed by atoms with E-state index < -0.39 is 0 Å². The van der Waals surface area contributed by atoms with E-state index >= 15 is 0 Å². The summed E-state index contributed by atoms with van der Waals surface area (Å²) in [6.45, 7) is 3.93. The lowest BCUT2D eigenvalue weighted by Gasteiger charge is -2.22. The van der Waals surface area contributed by atoms with Gasteiger partial charge in [-0.05, 0) is 32.1 Å². The molecule has 1 aliphatic heterocycles. The van der Waals surface area contributed by atoms with Gasteiger partial charge in [-0.2, -0.15) is 0 Å². The molecule has 7 heteroatoms. The first kappa shape index (κ1) is 16.6. The topological polar surface area (TPSA) is 71.3 Å². The van der Waals surface area contributed by atoms with Crippen LogP contribution in [0.15, 0.2) is 29.1 Å². The van der Waals surface area contributed by atoms with Crippen LogP contribution in [0.1, 0.15) is 13.3 Å². The monoisotopic (exact) mass is 329 g/mol. The quantitative estimate of drug-likeness (QED) is 0.821. The van der Waals surface area contributed by atoms with Gasteiger partial charge in [0, 0.05) is 25.6 Å². The van der Waals surface area contributed by atoms with Crippen LogP contribution in [0.25, 0.3) is 10.9 Å². The Morgan fingerprint density at radius 2 is 2.04 bits per heavy atom. The number of hydrogen-bond donors (Lipinski definition) is 0. The van der Waals surface area contributed by atoms with Crippen LogP contribution >= 0.6 is 0 Å². The number of benzene rings is 1. The molecular weight excluding hydrogens is 306 g/mol. The standard InChI is InChI=1S/C17H23N5O2/c1-12-10-21(11-15(12)20(2)3)16(23)8-9-22-17(24)13-6-4-5-7-14(13)18-19-22/h4-7,12,15H,8-11H2,1-3H3. The summed E-state index contributed by atoms with van der Waals surface area (Å²) >= 11 is 0. The molecule has 7 nitrogen and oxygen atoms in total. The van der Waals surface area contributed by atoms with Crippen LogP contribution in [-0.2, 0) is 11.3 Å². The summed E-state index contributed by atoms with van der Waals surface area (Å²) in [6, 6.07) is 7.49. The van der Waals surface area contributed by atoms with Gasteiger partial charge in [-0.1, -0.05) is 24.3 Å². The lowest BCUT2D eigenvalue weighted by molar-refractivity contribution is -0.130. The van der Waals surface area contributed by atoms with E-state index in [1.165, 1.54) is 4.68 Å². The number of likely N-dealkylation sites (tertiary alicyclic amines) is 1. The first-order chi connectivity index (χ1) is 11.5. The number of aromatic nitrogens is 3. The number of amides is 1. The van der Waals surface area contributed by atoms with E-state index in [-0.39, 0.29) is 24.4 Å². The maximum Gasteiger partial charge on any atom is 0.277 e. The zero-order chi connectivity index (χ0) is 17.3. The average molecular weight is 329 g/mol. The summed E-state index contributed by atoms with van der Waals surface area (Å²) < 4.78 is 1.28. The predicted octanol–water partition coefficient (Wildman–Crippen LogP) is 0.590. The van der Waals surface area contributed by atoms with Gasteiger partial charge < -0.3 is 9.80 Å². The zero-order valence-electron chi connectivity index (χ0n) is 14.3. The molecular formula is C17H23N5O2. The van der Waals surface area contributed by atoms with Crippen LogP contribution in [0.3, 0.4) is 0 Å². The largest absolute Gasteiger partial charge is 0.341 e. The molecule has 2 atom stereocenters. The van der Waals surface area contributed by atoms with Crippen molar-refractivity contribution in [1.82, 2.24) is 24.8 Å². The molecule has 0 N–H and O–H groups in total. The van der Waals surface area contributed by atoms with Crippen molar-refractivity contribution in [2.75, 3.05) is 27.2 Å². The van der Waals surface area contributed by atoms with Gasteiger partial charge in [-0.15, -0.1) is 5.10 Å². The number of carbonyl (C=O) groups excluding carboxylic acids is 1. The molecule has 0 saturated carbocycles. The minimum absolute atomic E-state index is 0.0630. The fourth-order valence-corrected chi connectivity index (χ4v) is 3.35. The van der Waals surface area contributed by atoms with Gasteiger partial charge in [0.25, 0.3) is 5.56 Å². The van der Waals surface area contributed by atoms with E-state index in [4.69, 9.17) is 0 Å². The molecule has 1 aliphatic rings. The molecule has 1 saturated heterocycles. The normalized spacial score (nSPS) is 20.9. The molecule has 2 aromatic rings. The van der Waals surface area contributed by atoms with Crippen molar-refractivity contribution in [2.24, 2.45) is 5.92 Å². The predicted molar refractivity (Wildman–Crippen MR) is 91.6 cm³/mol. The Morgan fingerprint density at radius 1 is 1.29 bits per heavy atom. The second-order valence-electron chi connectivity index (χ2n) is 6.69. The maximum atomic E-state index is 12.5. The molecule has 0 radical (unpaired) electrons. The molecule has 24 heavy (non-hydrogen) atoms. The molecule has 1 aromatic carbocycles. The van der Waals surface area contributed by atoms with Gasteiger partial charge in [-0.3, -0.25) is 9.59 Å². The number of aryl methyl sites for hydroxylation is 1. The van der Waals surface area contributed by atoms with Gasteiger partial charge in [0.2, 0.25) is 5.91 Å². The van der Waals surface area contributed by atoms with E-state index in [0.29, 0.717) is 22.9 Å². The molecule has 128 valence electrons. The molecule has 1 fully saturated rings. The van der Waals surface area contributed by atoms with E-state index in [2.05, 4.69) is 22.1 Å². The van der Waals surface area contributed by atoms with Crippen LogP contribution < -0.4 is 5.56 Å². The Hall–Kier alpha value is -2.28. The van der Waals surface area contributed by atoms with Gasteiger partial charge in [0.05, 0.1) is 11.9 Å². The Morgan fingerprint density at radius 3 is 2.75 bits per heavy atom. The summed E-state index contributed by atoms with van der Waals surface area (Å²) in [5, 5.41) is 8.51. The molecule has 2 unspecified atom stereocenters. The molecule has 0 spiro atoms. The zero-order valence-corrected chi connectivity index (χ0v) is 14.3. The third-order valence-corrected chi connectivity index (χ3v) is 4.76. The van der Waals surface area contributed by atoms with Gasteiger partial charge in [-0.25, -0.2) is 4.68 Å². The maximum absolute atomic E-state index is 12.5. The summed E-state index contributed by atoms with van der Waals surface area (Å²) in [5.41, 5.74) is 0.377. The van der Waals surface area contributed by atoms with Gasteiger partial charge in [0.15, 0.2) is 0 Å². The molecule has 0 aliphatic carbocycles. The van der Waals surface area contributed by atoms with E-state index in [0.717, 1.165) is 13.1 Å². The Balaban J connectivity index is 1.67. The van der Waals surface area contributed by atoms with Crippen LogP contribution in [0.4, 0.5) is 0 Å². The molecule has 3 rings (SSSR count). The van der Waals surface area contributed by atoms with Crippen LogP contribution in [0.2, 0.25) is 0 Å². The summed E-state index contributed by atoms with van der Waals surface area (Å²) in [6.07, 6.45) is 0.264. The number of nitrogens with zero attached hydrogens (tertiary/aromatic N) is 5. The SMILES string of the molecule is CC1CN(C(=O)CCn2nnc3ccccc3c2=O)CC1N(C)C. The number of carbonyl (C=O) groups is 1. The van der Waals surface area contributed by atoms with Crippen molar-refractivity contribution >= 4 is 16.8 Å². The Kier molecular flexibility index (Phi) is 4.62. The van der Waals surface area contributed by atoms with Crippen molar-refractivity contribution in [3.05, 3.63) is 34.6 Å². The third-order valence-electron chi connectivity index (χ3n) is 4.76. The average Bonchev–Trinajstić information content (AvgIpc) is 2.96. The second kappa shape index (κ2) is 6.68. The number of fused-ring (bicyclic) bond motifs is 1.